The lowest BCUT2D eigenvalue weighted by Gasteiger charge is -2.45. The van der Waals surface area contributed by atoms with Crippen LogP contribution in [0.2, 0.25) is 0 Å². The number of ether oxygens (including phenoxy) is 1. The summed E-state index contributed by atoms with van der Waals surface area (Å²) in [5.74, 6) is 0.897. The van der Waals surface area contributed by atoms with Gasteiger partial charge < -0.3 is 15.4 Å². The average molecular weight is 283 g/mol. The highest BCUT2D eigenvalue weighted by molar-refractivity contribution is 4.90. The summed E-state index contributed by atoms with van der Waals surface area (Å²) < 4.78 is 5.25. The van der Waals surface area contributed by atoms with Gasteiger partial charge in [0.25, 0.3) is 0 Å². The van der Waals surface area contributed by atoms with E-state index in [1.807, 2.05) is 0 Å². The molecule has 2 aliphatic heterocycles. The lowest BCUT2D eigenvalue weighted by molar-refractivity contribution is 0.0354. The molecule has 2 rings (SSSR count). The average Bonchev–Trinajstić information content (AvgIpc) is 2.98. The van der Waals surface area contributed by atoms with Crippen molar-refractivity contribution in [2.45, 2.75) is 44.6 Å². The van der Waals surface area contributed by atoms with Gasteiger partial charge in [0.05, 0.1) is 0 Å². The molecule has 0 spiro atoms. The van der Waals surface area contributed by atoms with Gasteiger partial charge in [-0.2, -0.15) is 0 Å². The van der Waals surface area contributed by atoms with E-state index in [9.17, 15) is 0 Å². The van der Waals surface area contributed by atoms with E-state index in [2.05, 4.69) is 16.7 Å². The van der Waals surface area contributed by atoms with Crippen molar-refractivity contribution < 1.29 is 4.74 Å². The second kappa shape index (κ2) is 7.74. The molecule has 0 amide bonds. The van der Waals surface area contributed by atoms with Crippen molar-refractivity contribution in [1.29, 1.82) is 0 Å². The van der Waals surface area contributed by atoms with Gasteiger partial charge in [0.2, 0.25) is 0 Å². The summed E-state index contributed by atoms with van der Waals surface area (Å²) in [4.78, 5) is 5.26. The Morgan fingerprint density at radius 3 is 2.35 bits per heavy atom. The number of hydrogen-bond donors (Lipinski definition) is 1. The van der Waals surface area contributed by atoms with Crippen LogP contribution in [0.1, 0.15) is 39.0 Å². The summed E-state index contributed by atoms with van der Waals surface area (Å²) in [6.45, 7) is 10.2. The van der Waals surface area contributed by atoms with Crippen molar-refractivity contribution in [3.8, 4) is 0 Å². The van der Waals surface area contributed by atoms with Crippen LogP contribution in [-0.2, 0) is 4.74 Å². The molecule has 2 fully saturated rings. The van der Waals surface area contributed by atoms with E-state index in [0.717, 1.165) is 25.5 Å². The molecule has 118 valence electrons. The summed E-state index contributed by atoms with van der Waals surface area (Å²) in [6, 6.07) is 0. The lowest BCUT2D eigenvalue weighted by Crippen LogP contribution is -2.55. The first-order chi connectivity index (χ1) is 9.68. The second-order valence-electron chi connectivity index (χ2n) is 6.88. The molecule has 4 heteroatoms. The Morgan fingerprint density at radius 2 is 1.80 bits per heavy atom. The summed E-state index contributed by atoms with van der Waals surface area (Å²) >= 11 is 0. The van der Waals surface area contributed by atoms with Crippen LogP contribution in [0.25, 0.3) is 0 Å². The lowest BCUT2D eigenvalue weighted by atomic mass is 9.89. The number of likely N-dealkylation sites (tertiary alicyclic amines) is 2. The van der Waals surface area contributed by atoms with E-state index >= 15 is 0 Å². The summed E-state index contributed by atoms with van der Waals surface area (Å²) in [7, 11) is 1.78. The minimum absolute atomic E-state index is 0.120. The third-order valence-corrected chi connectivity index (χ3v) is 5.38. The molecular weight excluding hydrogens is 250 g/mol. The fourth-order valence-corrected chi connectivity index (χ4v) is 3.70. The maximum absolute atomic E-state index is 6.04. The van der Waals surface area contributed by atoms with Crippen molar-refractivity contribution >= 4 is 0 Å². The van der Waals surface area contributed by atoms with Crippen LogP contribution in [0.3, 0.4) is 0 Å². The third kappa shape index (κ3) is 4.17. The molecule has 0 radical (unpaired) electrons. The number of rotatable bonds is 7. The van der Waals surface area contributed by atoms with Crippen molar-refractivity contribution in [2.24, 2.45) is 11.7 Å². The Labute approximate surface area is 124 Å². The normalized spacial score (nSPS) is 25.9. The largest absolute Gasteiger partial charge is 0.385 e. The Bertz CT molecular complexity index is 273. The quantitative estimate of drug-likeness (QED) is 0.770. The van der Waals surface area contributed by atoms with Crippen LogP contribution in [0, 0.1) is 5.92 Å². The molecule has 0 aromatic rings. The van der Waals surface area contributed by atoms with Gasteiger partial charge in [0, 0.05) is 32.3 Å². The van der Waals surface area contributed by atoms with Crippen LogP contribution in [0.5, 0.6) is 0 Å². The highest BCUT2D eigenvalue weighted by Gasteiger charge is 2.33. The molecule has 0 aliphatic carbocycles. The number of methoxy groups -OCH3 is 1. The minimum Gasteiger partial charge on any atom is -0.385 e. The van der Waals surface area contributed by atoms with E-state index < -0.39 is 0 Å². The molecule has 2 saturated heterocycles. The number of nitrogens with zero attached hydrogens (tertiary/aromatic N) is 2. The molecular formula is C16H33N3O. The number of hydrogen-bond acceptors (Lipinski definition) is 4. The predicted octanol–water partition coefficient (Wildman–Crippen LogP) is 1.55. The fourth-order valence-electron chi connectivity index (χ4n) is 3.70. The van der Waals surface area contributed by atoms with Gasteiger partial charge in [-0.15, -0.1) is 0 Å². The Kier molecular flexibility index (Phi) is 6.27. The maximum atomic E-state index is 6.04. The van der Waals surface area contributed by atoms with Gasteiger partial charge in [-0.05, 0) is 71.1 Å². The minimum atomic E-state index is 0.120. The molecule has 0 aromatic heterocycles. The summed E-state index contributed by atoms with van der Waals surface area (Å²) in [5, 5.41) is 0. The van der Waals surface area contributed by atoms with Gasteiger partial charge in [-0.3, -0.25) is 4.90 Å². The zero-order chi connectivity index (χ0) is 14.4. The van der Waals surface area contributed by atoms with E-state index in [0.29, 0.717) is 0 Å². The predicted molar refractivity (Wildman–Crippen MR) is 83.9 cm³/mol. The van der Waals surface area contributed by atoms with Crippen LogP contribution in [0.15, 0.2) is 0 Å². The maximum Gasteiger partial charge on any atom is 0.0480 e. The van der Waals surface area contributed by atoms with Gasteiger partial charge in [0.15, 0.2) is 0 Å². The monoisotopic (exact) mass is 283 g/mol. The topological polar surface area (TPSA) is 41.7 Å². The van der Waals surface area contributed by atoms with E-state index in [4.69, 9.17) is 10.5 Å². The van der Waals surface area contributed by atoms with Crippen molar-refractivity contribution in [1.82, 2.24) is 9.80 Å². The first-order valence-electron chi connectivity index (χ1n) is 8.34. The van der Waals surface area contributed by atoms with Crippen molar-refractivity contribution in [3.05, 3.63) is 0 Å². The van der Waals surface area contributed by atoms with Gasteiger partial charge in [-0.25, -0.2) is 0 Å². The fraction of sp³-hybridized carbons (Fsp3) is 1.00. The molecule has 2 heterocycles. The molecule has 2 aliphatic rings. The van der Waals surface area contributed by atoms with E-state index in [1.165, 1.54) is 58.4 Å². The number of piperidine rings is 1. The standard InChI is InChI=1S/C16H33N3O/c1-16(14-17,7-12-20-2)19-10-5-15(6-11-19)13-18-8-3-4-9-18/h15H,3-14,17H2,1-2H3. The van der Waals surface area contributed by atoms with Gasteiger partial charge in [-0.1, -0.05) is 0 Å². The van der Waals surface area contributed by atoms with Gasteiger partial charge in [0.1, 0.15) is 0 Å². The Hall–Kier alpha value is -0.160. The van der Waals surface area contributed by atoms with Crippen LogP contribution in [0.4, 0.5) is 0 Å². The molecule has 0 aromatic carbocycles. The Morgan fingerprint density at radius 1 is 1.15 bits per heavy atom. The smallest absolute Gasteiger partial charge is 0.0480 e. The van der Waals surface area contributed by atoms with Gasteiger partial charge >= 0.3 is 0 Å². The third-order valence-electron chi connectivity index (χ3n) is 5.38. The molecule has 1 unspecified atom stereocenters. The van der Waals surface area contributed by atoms with E-state index in [-0.39, 0.29) is 5.54 Å². The SMILES string of the molecule is COCCC(C)(CN)N1CCC(CN2CCCC2)CC1. The first-order valence-corrected chi connectivity index (χ1v) is 8.34. The van der Waals surface area contributed by atoms with Crippen molar-refractivity contribution in [3.63, 3.8) is 0 Å². The first kappa shape index (κ1) is 16.2. The Balaban J connectivity index is 1.76. The van der Waals surface area contributed by atoms with Crippen molar-refractivity contribution in [2.75, 3.05) is 53.0 Å². The molecule has 0 saturated carbocycles. The van der Waals surface area contributed by atoms with Crippen LogP contribution >= 0.6 is 0 Å². The molecule has 1 atom stereocenters. The zero-order valence-electron chi connectivity index (χ0n) is 13.4. The van der Waals surface area contributed by atoms with Crippen LogP contribution in [-0.4, -0.2) is 68.3 Å². The summed E-state index contributed by atoms with van der Waals surface area (Å²) in [5.41, 5.74) is 6.16. The van der Waals surface area contributed by atoms with E-state index in [1.54, 1.807) is 7.11 Å². The highest BCUT2D eigenvalue weighted by atomic mass is 16.5. The zero-order valence-corrected chi connectivity index (χ0v) is 13.4. The summed E-state index contributed by atoms with van der Waals surface area (Å²) in [6.07, 6.45) is 6.51. The second-order valence-corrected chi connectivity index (χ2v) is 6.88. The molecule has 2 N–H and O–H groups in total. The molecule has 20 heavy (non-hydrogen) atoms. The number of nitrogens with two attached hydrogens (primary N) is 1. The molecule has 4 nitrogen and oxygen atoms in total. The molecule has 0 bridgehead atoms. The highest BCUT2D eigenvalue weighted by Crippen LogP contribution is 2.27. The van der Waals surface area contributed by atoms with Crippen LogP contribution < -0.4 is 5.73 Å².